The summed E-state index contributed by atoms with van der Waals surface area (Å²) in [7, 11) is 0. The standard InChI is InChI=1S/C58H65N/c1-37(2)41-29-30-47-53(57(9,10)34-32-55(47,5)6)51(41)44-35-43-42-21-16-17-22-45(42)58(11,12)48(43)36-50(44)59(40-27-25-39(26-28-40)38-19-14-13-15-20-38)49-24-18-23-46-52(49)56(7,8)33-31-54(46,3)4/h13-30,35-37H,31-34H2,1-12H3. The maximum absolute atomic E-state index is 2.69. The van der Waals surface area contributed by atoms with Crippen LogP contribution >= 0.6 is 0 Å². The fourth-order valence-corrected chi connectivity index (χ4v) is 11.4. The molecule has 0 radical (unpaired) electrons. The molecule has 1 heteroatoms. The lowest BCUT2D eigenvalue weighted by atomic mass is 9.60. The van der Waals surface area contributed by atoms with Gasteiger partial charge in [-0.3, -0.25) is 0 Å². The Balaban J connectivity index is 1.45. The summed E-state index contributed by atoms with van der Waals surface area (Å²) in [5.41, 5.74) is 22.1. The highest BCUT2D eigenvalue weighted by Gasteiger charge is 2.44. The molecule has 3 aliphatic rings. The van der Waals surface area contributed by atoms with Gasteiger partial charge in [0.25, 0.3) is 0 Å². The molecule has 0 amide bonds. The van der Waals surface area contributed by atoms with Crippen molar-refractivity contribution in [3.8, 4) is 33.4 Å². The molecule has 0 aliphatic heterocycles. The maximum atomic E-state index is 2.69. The predicted octanol–water partition coefficient (Wildman–Crippen LogP) is 16.6. The van der Waals surface area contributed by atoms with Crippen molar-refractivity contribution in [3.05, 3.63) is 160 Å². The average molecular weight is 776 g/mol. The van der Waals surface area contributed by atoms with Crippen molar-refractivity contribution in [2.24, 2.45) is 0 Å². The molecule has 0 saturated carbocycles. The fraction of sp³-hybridized carbons (Fsp3) is 0.379. The molecular weight excluding hydrogens is 711 g/mol. The molecule has 302 valence electrons. The minimum atomic E-state index is -0.155. The lowest BCUT2D eigenvalue weighted by Gasteiger charge is -2.46. The van der Waals surface area contributed by atoms with Gasteiger partial charge in [0.05, 0.1) is 11.4 Å². The van der Waals surface area contributed by atoms with Crippen molar-refractivity contribution in [1.29, 1.82) is 0 Å². The Morgan fingerprint density at radius 1 is 0.424 bits per heavy atom. The van der Waals surface area contributed by atoms with Crippen LogP contribution in [-0.4, -0.2) is 0 Å². The molecule has 0 heterocycles. The largest absolute Gasteiger partial charge is 0.310 e. The van der Waals surface area contributed by atoms with Crippen LogP contribution in [0.25, 0.3) is 33.4 Å². The summed E-state index contributed by atoms with van der Waals surface area (Å²) in [6, 6.07) is 46.9. The average Bonchev–Trinajstić information content (AvgIpc) is 3.43. The molecule has 6 aromatic rings. The van der Waals surface area contributed by atoms with Crippen molar-refractivity contribution < 1.29 is 0 Å². The second-order valence-corrected chi connectivity index (χ2v) is 21.7. The van der Waals surface area contributed by atoms with Crippen molar-refractivity contribution in [1.82, 2.24) is 0 Å². The molecule has 9 rings (SSSR count). The number of hydrogen-bond donors (Lipinski definition) is 0. The van der Waals surface area contributed by atoms with E-state index in [1.807, 2.05) is 0 Å². The Bertz CT molecular complexity index is 2590. The fourth-order valence-electron chi connectivity index (χ4n) is 11.4. The van der Waals surface area contributed by atoms with Crippen molar-refractivity contribution in [2.45, 2.75) is 142 Å². The van der Waals surface area contributed by atoms with Crippen LogP contribution in [0, 0.1) is 0 Å². The van der Waals surface area contributed by atoms with Crippen LogP contribution in [0.1, 0.15) is 154 Å². The highest BCUT2D eigenvalue weighted by atomic mass is 15.1. The molecule has 0 atom stereocenters. The van der Waals surface area contributed by atoms with E-state index in [0.717, 1.165) is 12.8 Å². The molecular formula is C58H65N. The number of hydrogen-bond acceptors (Lipinski definition) is 1. The van der Waals surface area contributed by atoms with E-state index in [1.165, 1.54) is 96.7 Å². The normalized spacial score (nSPS) is 18.7. The van der Waals surface area contributed by atoms with Gasteiger partial charge in [-0.05, 0) is 150 Å². The molecule has 0 fully saturated rings. The molecule has 3 aliphatic carbocycles. The van der Waals surface area contributed by atoms with Gasteiger partial charge in [0.15, 0.2) is 0 Å². The van der Waals surface area contributed by atoms with E-state index in [4.69, 9.17) is 0 Å². The molecule has 59 heavy (non-hydrogen) atoms. The van der Waals surface area contributed by atoms with Gasteiger partial charge in [-0.1, -0.05) is 174 Å². The number of rotatable bonds is 6. The molecule has 1 nitrogen and oxygen atoms in total. The maximum Gasteiger partial charge on any atom is 0.0543 e. The zero-order valence-corrected chi connectivity index (χ0v) is 37.9. The van der Waals surface area contributed by atoms with Gasteiger partial charge in [-0.2, -0.15) is 0 Å². The molecule has 0 bridgehead atoms. The van der Waals surface area contributed by atoms with Crippen LogP contribution in [0.4, 0.5) is 17.1 Å². The Morgan fingerprint density at radius 2 is 0.983 bits per heavy atom. The zero-order valence-electron chi connectivity index (χ0n) is 37.9. The van der Waals surface area contributed by atoms with Crippen molar-refractivity contribution >= 4 is 17.1 Å². The zero-order chi connectivity index (χ0) is 41.9. The predicted molar refractivity (Wildman–Crippen MR) is 254 cm³/mol. The lowest BCUT2D eigenvalue weighted by molar-refractivity contribution is 0.332. The molecule has 6 aromatic carbocycles. The first-order valence-electron chi connectivity index (χ1n) is 22.4. The summed E-state index contributed by atoms with van der Waals surface area (Å²) in [6.07, 6.45) is 4.68. The van der Waals surface area contributed by atoms with Gasteiger partial charge in [0.1, 0.15) is 0 Å². The van der Waals surface area contributed by atoms with Crippen LogP contribution in [0.2, 0.25) is 0 Å². The quantitative estimate of drug-likeness (QED) is 0.163. The monoisotopic (exact) mass is 776 g/mol. The second kappa shape index (κ2) is 13.6. The smallest absolute Gasteiger partial charge is 0.0543 e. The topological polar surface area (TPSA) is 3.24 Å². The third kappa shape index (κ3) is 6.24. The van der Waals surface area contributed by atoms with Crippen LogP contribution < -0.4 is 4.90 Å². The summed E-state index contributed by atoms with van der Waals surface area (Å²) in [4.78, 5) is 2.69. The van der Waals surface area contributed by atoms with E-state index in [0.29, 0.717) is 5.92 Å². The van der Waals surface area contributed by atoms with Crippen LogP contribution in [0.5, 0.6) is 0 Å². The Morgan fingerprint density at radius 3 is 1.64 bits per heavy atom. The van der Waals surface area contributed by atoms with E-state index in [1.54, 1.807) is 5.56 Å². The lowest BCUT2D eigenvalue weighted by Crippen LogP contribution is -2.35. The van der Waals surface area contributed by atoms with Gasteiger partial charge in [0, 0.05) is 16.7 Å². The number of fused-ring (bicyclic) bond motifs is 5. The van der Waals surface area contributed by atoms with Crippen LogP contribution in [-0.2, 0) is 27.1 Å². The molecule has 0 N–H and O–H groups in total. The van der Waals surface area contributed by atoms with Crippen LogP contribution in [0.15, 0.2) is 121 Å². The summed E-state index contributed by atoms with van der Waals surface area (Å²) < 4.78 is 0. The van der Waals surface area contributed by atoms with Gasteiger partial charge in [-0.25, -0.2) is 0 Å². The van der Waals surface area contributed by atoms with Gasteiger partial charge in [-0.15, -0.1) is 0 Å². The summed E-state index contributed by atoms with van der Waals surface area (Å²) in [5.74, 6) is 0.351. The molecule has 0 spiro atoms. The summed E-state index contributed by atoms with van der Waals surface area (Å²) in [5, 5.41) is 0. The van der Waals surface area contributed by atoms with E-state index in [-0.39, 0.29) is 27.1 Å². The van der Waals surface area contributed by atoms with E-state index in [2.05, 4.69) is 209 Å². The highest BCUT2D eigenvalue weighted by molar-refractivity contribution is 5.97. The van der Waals surface area contributed by atoms with E-state index in [9.17, 15) is 0 Å². The second-order valence-electron chi connectivity index (χ2n) is 21.7. The van der Waals surface area contributed by atoms with Gasteiger partial charge >= 0.3 is 0 Å². The number of benzene rings is 6. The Hall–Kier alpha value is -4.88. The first-order chi connectivity index (χ1) is 27.8. The Kier molecular flexibility index (Phi) is 9.10. The number of nitrogens with zero attached hydrogens (tertiary/aromatic N) is 1. The molecule has 0 saturated heterocycles. The minimum Gasteiger partial charge on any atom is -0.310 e. The third-order valence-corrected chi connectivity index (χ3v) is 15.1. The molecule has 0 aromatic heterocycles. The van der Waals surface area contributed by atoms with Crippen molar-refractivity contribution in [3.63, 3.8) is 0 Å². The third-order valence-electron chi connectivity index (χ3n) is 15.1. The first kappa shape index (κ1) is 39.6. The highest BCUT2D eigenvalue weighted by Crippen LogP contribution is 2.59. The summed E-state index contributed by atoms with van der Waals surface area (Å²) >= 11 is 0. The number of anilines is 3. The van der Waals surface area contributed by atoms with Crippen LogP contribution in [0.3, 0.4) is 0 Å². The van der Waals surface area contributed by atoms with E-state index < -0.39 is 0 Å². The Labute approximate surface area is 355 Å². The van der Waals surface area contributed by atoms with Gasteiger partial charge < -0.3 is 4.90 Å². The minimum absolute atomic E-state index is 0.00288. The van der Waals surface area contributed by atoms with Gasteiger partial charge in [0.2, 0.25) is 0 Å². The SMILES string of the molecule is CC(C)c1ccc2c(c1-c1cc3c(cc1N(c1ccc(-c4ccccc4)cc1)c1cccc4c1C(C)(C)CCC4(C)C)C(C)(C)c1ccccc1-3)C(C)(C)CCC2(C)C. The van der Waals surface area contributed by atoms with Crippen molar-refractivity contribution in [2.75, 3.05) is 4.90 Å². The van der Waals surface area contributed by atoms with E-state index >= 15 is 0 Å². The first-order valence-corrected chi connectivity index (χ1v) is 22.4. The summed E-state index contributed by atoms with van der Waals surface area (Å²) in [6.45, 7) is 29.5. The molecule has 0 unspecified atom stereocenters.